The summed E-state index contributed by atoms with van der Waals surface area (Å²) in [6.45, 7) is 5.26. The molecular weight excluding hydrogens is 286 g/mol. The van der Waals surface area contributed by atoms with E-state index in [1.165, 1.54) is 0 Å². The fourth-order valence-corrected chi connectivity index (χ4v) is 2.78. The molecule has 112 valence electrons. The van der Waals surface area contributed by atoms with Gasteiger partial charge in [0.2, 0.25) is 0 Å². The Balaban J connectivity index is 2.12. The first kappa shape index (κ1) is 15.8. The number of likely N-dealkylation sites (tertiary alicyclic amines) is 1. The number of amides is 1. The smallest absolute Gasteiger partial charge is 0.254 e. The van der Waals surface area contributed by atoms with Gasteiger partial charge < -0.3 is 4.90 Å². The lowest BCUT2D eigenvalue weighted by molar-refractivity contribution is 0.0661. The van der Waals surface area contributed by atoms with E-state index >= 15 is 0 Å². The molecule has 0 bridgehead atoms. The van der Waals surface area contributed by atoms with Gasteiger partial charge in [-0.1, -0.05) is 24.9 Å². The van der Waals surface area contributed by atoms with Gasteiger partial charge in [0, 0.05) is 24.3 Å². The Bertz CT molecular complexity index is 571. The predicted molar refractivity (Wildman–Crippen MR) is 82.1 cm³/mol. The number of carbonyl (C=O) groups excluding carboxylic acids is 1. The number of piperidine rings is 1. The van der Waals surface area contributed by atoms with E-state index in [2.05, 4.69) is 18.0 Å². The Hall–Kier alpha value is -1.60. The summed E-state index contributed by atoms with van der Waals surface area (Å²) in [4.78, 5) is 18.6. The van der Waals surface area contributed by atoms with E-state index in [-0.39, 0.29) is 11.3 Å². The van der Waals surface area contributed by atoms with Crippen LogP contribution in [0.25, 0.3) is 0 Å². The van der Waals surface area contributed by atoms with Crippen molar-refractivity contribution < 1.29 is 4.79 Å². The third-order valence-electron chi connectivity index (χ3n) is 4.02. The summed E-state index contributed by atoms with van der Waals surface area (Å²) in [6, 6.07) is 5.80. The van der Waals surface area contributed by atoms with Gasteiger partial charge in [-0.15, -0.1) is 0 Å². The van der Waals surface area contributed by atoms with E-state index in [1.54, 1.807) is 11.0 Å². The molecule has 0 spiro atoms. The Morgan fingerprint density at radius 3 is 2.71 bits per heavy atom. The van der Waals surface area contributed by atoms with Crippen LogP contribution in [0.5, 0.6) is 0 Å². The number of nitrogens with zero attached hydrogens (tertiary/aromatic N) is 3. The van der Waals surface area contributed by atoms with Crippen LogP contribution in [0, 0.1) is 16.7 Å². The van der Waals surface area contributed by atoms with Crippen molar-refractivity contribution in [2.24, 2.45) is 5.41 Å². The molecule has 0 N–H and O–H groups in total. The topological polar surface area (TPSA) is 57.0 Å². The van der Waals surface area contributed by atoms with Crippen LogP contribution in [0.15, 0.2) is 12.1 Å². The zero-order chi connectivity index (χ0) is 15.5. The number of carbonyl (C=O) groups is 1. The van der Waals surface area contributed by atoms with E-state index in [0.717, 1.165) is 31.4 Å². The molecule has 4 nitrogen and oxygen atoms in total. The summed E-state index contributed by atoms with van der Waals surface area (Å²) in [5.41, 5.74) is 1.14. The highest BCUT2D eigenvalue weighted by atomic mass is 35.5. The molecule has 0 aliphatic carbocycles. The molecule has 1 fully saturated rings. The van der Waals surface area contributed by atoms with Crippen molar-refractivity contribution in [2.75, 3.05) is 13.1 Å². The van der Waals surface area contributed by atoms with Crippen molar-refractivity contribution in [1.29, 1.82) is 5.26 Å². The van der Waals surface area contributed by atoms with Crippen LogP contribution in [0.1, 0.15) is 49.2 Å². The number of hydrogen-bond donors (Lipinski definition) is 0. The van der Waals surface area contributed by atoms with Crippen molar-refractivity contribution in [2.45, 2.75) is 39.5 Å². The van der Waals surface area contributed by atoms with Crippen LogP contribution in [0.2, 0.25) is 5.15 Å². The second kappa shape index (κ2) is 6.44. The number of halogens is 1. The van der Waals surface area contributed by atoms with Gasteiger partial charge in [0.15, 0.2) is 0 Å². The highest BCUT2D eigenvalue weighted by Gasteiger charge is 2.32. The Morgan fingerprint density at radius 2 is 2.14 bits per heavy atom. The molecule has 0 radical (unpaired) electrons. The predicted octanol–water partition coefficient (Wildman–Crippen LogP) is 3.45. The molecule has 2 rings (SSSR count). The van der Waals surface area contributed by atoms with Gasteiger partial charge in [-0.05, 0) is 38.3 Å². The summed E-state index contributed by atoms with van der Waals surface area (Å²) in [6.07, 6.45) is 3.21. The van der Waals surface area contributed by atoms with E-state index in [1.807, 2.05) is 13.0 Å². The molecular formula is C16H20ClN3O. The van der Waals surface area contributed by atoms with Crippen molar-refractivity contribution in [3.05, 3.63) is 28.5 Å². The van der Waals surface area contributed by atoms with Crippen molar-refractivity contribution in [3.8, 4) is 6.07 Å². The maximum atomic E-state index is 12.6. The van der Waals surface area contributed by atoms with Crippen molar-refractivity contribution in [3.63, 3.8) is 0 Å². The molecule has 1 aliphatic rings. The van der Waals surface area contributed by atoms with E-state index in [0.29, 0.717) is 23.8 Å². The summed E-state index contributed by atoms with van der Waals surface area (Å²) in [7, 11) is 0. The van der Waals surface area contributed by atoms with E-state index in [4.69, 9.17) is 16.9 Å². The SMILES string of the molecule is CCCc1cc(C(=O)N2CCC(C)(C#N)CC2)cc(Cl)n1. The fraction of sp³-hybridized carbons (Fsp3) is 0.562. The fourth-order valence-electron chi connectivity index (χ4n) is 2.56. The van der Waals surface area contributed by atoms with E-state index < -0.39 is 0 Å². The molecule has 1 aliphatic heterocycles. The first-order valence-electron chi connectivity index (χ1n) is 7.34. The first-order chi connectivity index (χ1) is 9.97. The van der Waals surface area contributed by atoms with Crippen LogP contribution in [0.3, 0.4) is 0 Å². The maximum absolute atomic E-state index is 12.6. The summed E-state index contributed by atoms with van der Waals surface area (Å²) in [5, 5.41) is 9.51. The zero-order valence-electron chi connectivity index (χ0n) is 12.5. The van der Waals surface area contributed by atoms with Crippen LogP contribution >= 0.6 is 11.6 Å². The summed E-state index contributed by atoms with van der Waals surface area (Å²) in [5.74, 6) is -0.0170. The maximum Gasteiger partial charge on any atom is 0.254 e. The monoisotopic (exact) mass is 305 g/mol. The summed E-state index contributed by atoms with van der Waals surface area (Å²) >= 11 is 6.01. The molecule has 2 heterocycles. The molecule has 1 aromatic heterocycles. The van der Waals surface area contributed by atoms with Crippen LogP contribution in [0.4, 0.5) is 0 Å². The highest BCUT2D eigenvalue weighted by Crippen LogP contribution is 2.30. The Morgan fingerprint density at radius 1 is 1.48 bits per heavy atom. The molecule has 0 saturated carbocycles. The quantitative estimate of drug-likeness (QED) is 0.804. The van der Waals surface area contributed by atoms with Crippen molar-refractivity contribution in [1.82, 2.24) is 9.88 Å². The largest absolute Gasteiger partial charge is 0.339 e. The minimum absolute atomic E-state index is 0.0170. The molecule has 0 atom stereocenters. The lowest BCUT2D eigenvalue weighted by Crippen LogP contribution is -2.41. The molecule has 1 amide bonds. The number of aromatic nitrogens is 1. The second-order valence-corrected chi connectivity index (χ2v) is 6.27. The number of pyridine rings is 1. The minimum Gasteiger partial charge on any atom is -0.339 e. The lowest BCUT2D eigenvalue weighted by atomic mass is 9.82. The van der Waals surface area contributed by atoms with Gasteiger partial charge in [0.05, 0.1) is 11.5 Å². The standard InChI is InChI=1S/C16H20ClN3O/c1-3-4-13-9-12(10-14(17)19-13)15(21)20-7-5-16(2,11-18)6-8-20/h9-10H,3-8H2,1-2H3. The number of hydrogen-bond acceptors (Lipinski definition) is 3. The number of aryl methyl sites for hydroxylation is 1. The van der Waals surface area contributed by atoms with Gasteiger partial charge in [0.25, 0.3) is 5.91 Å². The van der Waals surface area contributed by atoms with Gasteiger partial charge in [0.1, 0.15) is 5.15 Å². The van der Waals surface area contributed by atoms with Gasteiger partial charge in [-0.3, -0.25) is 4.79 Å². The second-order valence-electron chi connectivity index (χ2n) is 5.88. The Labute approximate surface area is 130 Å². The zero-order valence-corrected chi connectivity index (χ0v) is 13.3. The van der Waals surface area contributed by atoms with Gasteiger partial charge in [-0.2, -0.15) is 5.26 Å². The lowest BCUT2D eigenvalue weighted by Gasteiger charge is -2.35. The average molecular weight is 306 g/mol. The number of rotatable bonds is 3. The summed E-state index contributed by atoms with van der Waals surface area (Å²) < 4.78 is 0. The van der Waals surface area contributed by atoms with E-state index in [9.17, 15) is 4.79 Å². The van der Waals surface area contributed by atoms with Crippen LogP contribution < -0.4 is 0 Å². The van der Waals surface area contributed by atoms with Crippen LogP contribution in [-0.2, 0) is 6.42 Å². The molecule has 1 aromatic rings. The third-order valence-corrected chi connectivity index (χ3v) is 4.22. The Kier molecular flexibility index (Phi) is 4.84. The van der Waals surface area contributed by atoms with Gasteiger partial charge >= 0.3 is 0 Å². The first-order valence-corrected chi connectivity index (χ1v) is 7.72. The van der Waals surface area contributed by atoms with Crippen molar-refractivity contribution >= 4 is 17.5 Å². The minimum atomic E-state index is -0.306. The molecule has 0 unspecified atom stereocenters. The van der Waals surface area contributed by atoms with Crippen LogP contribution in [-0.4, -0.2) is 28.9 Å². The van der Waals surface area contributed by atoms with Gasteiger partial charge in [-0.25, -0.2) is 4.98 Å². The molecule has 5 heteroatoms. The number of nitriles is 1. The highest BCUT2D eigenvalue weighted by molar-refractivity contribution is 6.29. The normalized spacial score (nSPS) is 17.3. The molecule has 1 saturated heterocycles. The molecule has 0 aromatic carbocycles. The average Bonchev–Trinajstić information content (AvgIpc) is 2.47. The third kappa shape index (κ3) is 3.74. The molecule has 21 heavy (non-hydrogen) atoms.